The topological polar surface area (TPSA) is 40.9 Å². The first kappa shape index (κ1) is 8.26. The van der Waals surface area contributed by atoms with Gasteiger partial charge >= 0.3 is 0 Å². The molecule has 0 spiro atoms. The molecule has 2 unspecified atom stereocenters. The monoisotopic (exact) mass is 151 g/mol. The van der Waals surface area contributed by atoms with Gasteiger partial charge in [0.25, 0.3) is 0 Å². The normalized spacial score (nSPS) is 30.9. The fourth-order valence-electron chi connectivity index (χ4n) is 1.68. The first-order valence-electron chi connectivity index (χ1n) is 4.14. The lowest BCUT2D eigenvalue weighted by molar-refractivity contribution is -0.121. The smallest absolute Gasteiger partial charge is 0.132 e. The van der Waals surface area contributed by atoms with Crippen molar-refractivity contribution < 1.29 is 4.79 Å². The molecular weight excluding hydrogens is 138 g/mol. The number of Topliss-reactive ketones (excluding diaryl/α,β-unsaturated/α-hetero) is 1. The quantitative estimate of drug-likeness (QED) is 0.574. The number of carbonyl (C=O) groups excluding carboxylic acids is 1. The largest absolute Gasteiger partial charge is 0.300 e. The highest BCUT2D eigenvalue weighted by Gasteiger charge is 2.24. The Labute approximate surface area is 67.2 Å². The van der Waals surface area contributed by atoms with Crippen molar-refractivity contribution in [2.24, 2.45) is 11.8 Å². The standard InChI is InChI=1S/C9H13NO/c1-7(11)9-4-2-3-8(5-9)6-10/h8-9H,2-5H2,1H3. The fraction of sp³-hybridized carbons (Fsp3) is 0.778. The average molecular weight is 151 g/mol. The van der Waals surface area contributed by atoms with Crippen LogP contribution in [0.25, 0.3) is 0 Å². The minimum Gasteiger partial charge on any atom is -0.300 e. The van der Waals surface area contributed by atoms with Crippen LogP contribution in [0, 0.1) is 23.2 Å². The maximum absolute atomic E-state index is 11.0. The van der Waals surface area contributed by atoms with Crippen LogP contribution in [0.2, 0.25) is 0 Å². The van der Waals surface area contributed by atoms with Crippen molar-refractivity contribution in [3.63, 3.8) is 0 Å². The maximum atomic E-state index is 11.0. The molecule has 0 aliphatic heterocycles. The van der Waals surface area contributed by atoms with Crippen molar-refractivity contribution in [1.29, 1.82) is 5.26 Å². The van der Waals surface area contributed by atoms with Gasteiger partial charge in [0.05, 0.1) is 6.07 Å². The van der Waals surface area contributed by atoms with Crippen LogP contribution in [-0.4, -0.2) is 5.78 Å². The van der Waals surface area contributed by atoms with Crippen LogP contribution in [-0.2, 0) is 4.79 Å². The van der Waals surface area contributed by atoms with E-state index in [9.17, 15) is 4.79 Å². The Kier molecular flexibility index (Phi) is 2.64. The highest BCUT2D eigenvalue weighted by Crippen LogP contribution is 2.28. The second-order valence-electron chi connectivity index (χ2n) is 3.30. The molecule has 0 heterocycles. The van der Waals surface area contributed by atoms with E-state index < -0.39 is 0 Å². The molecule has 0 bridgehead atoms. The Morgan fingerprint density at radius 3 is 2.82 bits per heavy atom. The Morgan fingerprint density at radius 2 is 2.27 bits per heavy atom. The SMILES string of the molecule is CC(=O)C1CCCC(C#N)C1. The molecule has 0 radical (unpaired) electrons. The Balaban J connectivity index is 2.47. The van der Waals surface area contributed by atoms with Crippen LogP contribution in [0.3, 0.4) is 0 Å². The minimum absolute atomic E-state index is 0.137. The lowest BCUT2D eigenvalue weighted by Crippen LogP contribution is -2.19. The van der Waals surface area contributed by atoms with Crippen molar-refractivity contribution >= 4 is 5.78 Å². The number of nitriles is 1. The van der Waals surface area contributed by atoms with Crippen molar-refractivity contribution in [1.82, 2.24) is 0 Å². The molecule has 60 valence electrons. The van der Waals surface area contributed by atoms with Gasteiger partial charge in [-0.1, -0.05) is 6.42 Å². The van der Waals surface area contributed by atoms with Crippen LogP contribution in [0.15, 0.2) is 0 Å². The number of rotatable bonds is 1. The van der Waals surface area contributed by atoms with E-state index in [0.29, 0.717) is 0 Å². The Morgan fingerprint density at radius 1 is 1.55 bits per heavy atom. The van der Waals surface area contributed by atoms with Crippen LogP contribution >= 0.6 is 0 Å². The van der Waals surface area contributed by atoms with Gasteiger partial charge in [-0.15, -0.1) is 0 Å². The molecule has 1 aliphatic rings. The van der Waals surface area contributed by atoms with Gasteiger partial charge in [0.1, 0.15) is 5.78 Å². The zero-order valence-electron chi connectivity index (χ0n) is 6.84. The molecule has 1 saturated carbocycles. The third-order valence-electron chi connectivity index (χ3n) is 2.43. The summed E-state index contributed by atoms with van der Waals surface area (Å²) in [6, 6.07) is 2.24. The van der Waals surface area contributed by atoms with E-state index in [4.69, 9.17) is 5.26 Å². The third kappa shape index (κ3) is 2.04. The van der Waals surface area contributed by atoms with E-state index in [1.165, 1.54) is 0 Å². The van der Waals surface area contributed by atoms with Crippen LogP contribution in [0.1, 0.15) is 32.6 Å². The summed E-state index contributed by atoms with van der Waals surface area (Å²) in [4.78, 5) is 11.0. The zero-order chi connectivity index (χ0) is 8.27. The summed E-state index contributed by atoms with van der Waals surface area (Å²) >= 11 is 0. The van der Waals surface area contributed by atoms with E-state index in [1.807, 2.05) is 0 Å². The van der Waals surface area contributed by atoms with E-state index in [0.717, 1.165) is 25.7 Å². The van der Waals surface area contributed by atoms with Crippen molar-refractivity contribution in [2.75, 3.05) is 0 Å². The molecule has 1 aliphatic carbocycles. The second-order valence-corrected chi connectivity index (χ2v) is 3.30. The van der Waals surface area contributed by atoms with Gasteiger partial charge < -0.3 is 0 Å². The molecule has 11 heavy (non-hydrogen) atoms. The first-order valence-corrected chi connectivity index (χ1v) is 4.14. The van der Waals surface area contributed by atoms with Gasteiger partial charge in [-0.05, 0) is 26.2 Å². The predicted octanol–water partition coefficient (Wildman–Crippen LogP) is 1.91. The van der Waals surface area contributed by atoms with E-state index in [1.54, 1.807) is 6.92 Å². The van der Waals surface area contributed by atoms with Gasteiger partial charge in [0, 0.05) is 11.8 Å². The van der Waals surface area contributed by atoms with Gasteiger partial charge in [-0.25, -0.2) is 0 Å². The third-order valence-corrected chi connectivity index (χ3v) is 2.43. The summed E-state index contributed by atoms with van der Waals surface area (Å²) in [6.45, 7) is 1.63. The average Bonchev–Trinajstić information content (AvgIpc) is 2.05. The molecule has 0 aromatic heterocycles. The minimum atomic E-state index is 0.137. The molecule has 0 aromatic carbocycles. The van der Waals surface area contributed by atoms with Crippen molar-refractivity contribution in [3.8, 4) is 6.07 Å². The Hall–Kier alpha value is -0.840. The van der Waals surface area contributed by atoms with Gasteiger partial charge in [-0.2, -0.15) is 5.26 Å². The number of ketones is 1. The van der Waals surface area contributed by atoms with Crippen molar-refractivity contribution in [3.05, 3.63) is 0 Å². The van der Waals surface area contributed by atoms with E-state index in [2.05, 4.69) is 6.07 Å². The fourth-order valence-corrected chi connectivity index (χ4v) is 1.68. The van der Waals surface area contributed by atoms with Gasteiger partial charge in [-0.3, -0.25) is 4.79 Å². The summed E-state index contributed by atoms with van der Waals surface area (Å²) in [5, 5.41) is 8.63. The summed E-state index contributed by atoms with van der Waals surface area (Å²) < 4.78 is 0. The highest BCUT2D eigenvalue weighted by molar-refractivity contribution is 5.78. The van der Waals surface area contributed by atoms with Crippen LogP contribution < -0.4 is 0 Å². The van der Waals surface area contributed by atoms with Crippen LogP contribution in [0.4, 0.5) is 0 Å². The summed E-state index contributed by atoms with van der Waals surface area (Å²) in [7, 11) is 0. The summed E-state index contributed by atoms with van der Waals surface area (Å²) in [5.41, 5.74) is 0. The lowest BCUT2D eigenvalue weighted by Gasteiger charge is -2.22. The number of nitrogens with zero attached hydrogens (tertiary/aromatic N) is 1. The molecule has 2 heteroatoms. The first-order chi connectivity index (χ1) is 5.24. The van der Waals surface area contributed by atoms with Crippen molar-refractivity contribution in [2.45, 2.75) is 32.6 Å². The summed E-state index contributed by atoms with van der Waals surface area (Å²) in [6.07, 6.45) is 3.82. The number of hydrogen-bond donors (Lipinski definition) is 0. The molecule has 2 nitrogen and oxygen atoms in total. The molecule has 0 saturated heterocycles. The van der Waals surface area contributed by atoms with Gasteiger partial charge in [0.15, 0.2) is 0 Å². The number of hydrogen-bond acceptors (Lipinski definition) is 2. The molecular formula is C9H13NO. The highest BCUT2D eigenvalue weighted by atomic mass is 16.1. The van der Waals surface area contributed by atoms with Gasteiger partial charge in [0.2, 0.25) is 0 Å². The molecule has 1 rings (SSSR count). The molecule has 0 amide bonds. The second kappa shape index (κ2) is 3.52. The summed E-state index contributed by atoms with van der Waals surface area (Å²) in [5.74, 6) is 0.566. The van der Waals surface area contributed by atoms with Crippen LogP contribution in [0.5, 0.6) is 0 Å². The molecule has 0 N–H and O–H groups in total. The maximum Gasteiger partial charge on any atom is 0.132 e. The Bertz CT molecular complexity index is 192. The molecule has 0 aromatic rings. The predicted molar refractivity (Wildman–Crippen MR) is 41.7 cm³/mol. The molecule has 1 fully saturated rings. The van der Waals surface area contributed by atoms with E-state index >= 15 is 0 Å². The molecule has 2 atom stereocenters. The van der Waals surface area contributed by atoms with E-state index in [-0.39, 0.29) is 17.6 Å². The number of carbonyl (C=O) groups is 1. The zero-order valence-corrected chi connectivity index (χ0v) is 6.84. The lowest BCUT2D eigenvalue weighted by atomic mass is 9.80.